The lowest BCUT2D eigenvalue weighted by molar-refractivity contribution is -0.597. The number of hydrogen-bond acceptors (Lipinski definition) is 2. The average Bonchev–Trinajstić information content (AvgIpc) is 2.46. The van der Waals surface area contributed by atoms with Crippen molar-refractivity contribution in [2.45, 2.75) is 6.92 Å². The minimum absolute atomic E-state index is 0.0839. The molecule has 19 heavy (non-hydrogen) atoms. The van der Waals surface area contributed by atoms with Crippen LogP contribution in [0.25, 0.3) is 0 Å². The van der Waals surface area contributed by atoms with Gasteiger partial charge in [0.2, 0.25) is 0 Å². The quantitative estimate of drug-likeness (QED) is 0.514. The van der Waals surface area contributed by atoms with Crippen LogP contribution in [-0.2, 0) is 4.74 Å². The maximum atomic E-state index is 5.60. The van der Waals surface area contributed by atoms with Crippen LogP contribution in [0.1, 0.15) is 6.92 Å². The summed E-state index contributed by atoms with van der Waals surface area (Å²) in [7, 11) is 0. The van der Waals surface area contributed by atoms with Gasteiger partial charge in [-0.05, 0) is 43.3 Å². The third-order valence-corrected chi connectivity index (χ3v) is 5.15. The van der Waals surface area contributed by atoms with Crippen molar-refractivity contribution in [2.75, 3.05) is 19.8 Å². The van der Waals surface area contributed by atoms with Crippen LogP contribution in [0.5, 0.6) is 5.75 Å². The molecule has 2 rings (SSSR count). The maximum absolute atomic E-state index is 5.60. The van der Waals surface area contributed by atoms with Crippen LogP contribution < -0.4 is 25.9 Å². The Balaban J connectivity index is 1.84. The van der Waals surface area contributed by atoms with Crippen LogP contribution in [0.2, 0.25) is 0 Å². The normalized spacial score (nSPS) is 10.4. The fraction of sp³-hybridized carbons (Fsp3) is 0.250. The summed E-state index contributed by atoms with van der Waals surface area (Å²) < 4.78 is 13.7. The molecular weight excluding hydrogens is 351 g/mol. The molecule has 0 atom stereocenters. The van der Waals surface area contributed by atoms with Gasteiger partial charge in [0.1, 0.15) is 12.4 Å². The highest BCUT2D eigenvalue weighted by atomic mass is 127. The molecule has 0 unspecified atom stereocenters. The lowest BCUT2D eigenvalue weighted by Gasteiger charge is -2.05. The monoisotopic (exact) mass is 369 g/mol. The summed E-state index contributed by atoms with van der Waals surface area (Å²) in [5.74, 6) is 0.917. The second-order valence-electron chi connectivity index (χ2n) is 3.89. The van der Waals surface area contributed by atoms with Gasteiger partial charge >= 0.3 is 21.2 Å². The van der Waals surface area contributed by atoms with E-state index in [0.29, 0.717) is 13.2 Å². The van der Waals surface area contributed by atoms with E-state index in [9.17, 15) is 0 Å². The minimum atomic E-state index is -0.0839. The van der Waals surface area contributed by atoms with E-state index >= 15 is 0 Å². The fourth-order valence-electron chi connectivity index (χ4n) is 1.56. The summed E-state index contributed by atoms with van der Waals surface area (Å²) >= 11 is -0.0839. The molecule has 0 bridgehead atoms. The van der Waals surface area contributed by atoms with E-state index in [0.717, 1.165) is 12.4 Å². The van der Waals surface area contributed by atoms with Gasteiger partial charge in [-0.15, -0.1) is 0 Å². The lowest BCUT2D eigenvalue weighted by Crippen LogP contribution is -3.61. The van der Waals surface area contributed by atoms with Gasteiger partial charge in [-0.1, -0.05) is 18.2 Å². The molecule has 0 spiro atoms. The molecule has 0 fully saturated rings. The first kappa shape index (κ1) is 14.3. The van der Waals surface area contributed by atoms with Gasteiger partial charge in [-0.2, -0.15) is 0 Å². The minimum Gasteiger partial charge on any atom is -0.491 e. The highest BCUT2D eigenvalue weighted by molar-refractivity contribution is 5.20. The number of rotatable bonds is 7. The van der Waals surface area contributed by atoms with Gasteiger partial charge in [0.05, 0.1) is 6.61 Å². The van der Waals surface area contributed by atoms with Crippen molar-refractivity contribution >= 4 is 0 Å². The van der Waals surface area contributed by atoms with Crippen molar-refractivity contribution in [3.63, 3.8) is 0 Å². The zero-order chi connectivity index (χ0) is 13.3. The van der Waals surface area contributed by atoms with Crippen LogP contribution in [-0.4, -0.2) is 19.8 Å². The van der Waals surface area contributed by atoms with Crippen molar-refractivity contribution in [3.05, 3.63) is 61.7 Å². The Kier molecular flexibility index (Phi) is 6.17. The Morgan fingerprint density at radius 3 is 2.21 bits per heavy atom. The number of benzene rings is 2. The summed E-state index contributed by atoms with van der Waals surface area (Å²) in [5, 5.41) is 0. The molecule has 0 saturated carbocycles. The smallest absolute Gasteiger partial charge is 0.357 e. The molecule has 0 radical (unpaired) electrons. The van der Waals surface area contributed by atoms with Crippen molar-refractivity contribution in [2.24, 2.45) is 0 Å². The third-order valence-electron chi connectivity index (χ3n) is 2.47. The number of ether oxygens (including phenoxy) is 2. The van der Waals surface area contributed by atoms with Gasteiger partial charge < -0.3 is 9.47 Å². The van der Waals surface area contributed by atoms with Crippen molar-refractivity contribution in [3.8, 4) is 5.75 Å². The first-order chi connectivity index (χ1) is 9.38. The van der Waals surface area contributed by atoms with Gasteiger partial charge in [-0.25, -0.2) is 0 Å². The molecular formula is C16H18IO2+. The first-order valence-corrected chi connectivity index (χ1v) is 8.54. The summed E-state index contributed by atoms with van der Waals surface area (Å²) in [5.41, 5.74) is 0. The molecule has 2 aromatic carbocycles. The maximum Gasteiger partial charge on any atom is 0.357 e. The Hall–Kier alpha value is -1.07. The summed E-state index contributed by atoms with van der Waals surface area (Å²) in [6, 6.07) is 19.1. The summed E-state index contributed by atoms with van der Waals surface area (Å²) in [4.78, 5) is 0. The summed E-state index contributed by atoms with van der Waals surface area (Å²) in [6.45, 7) is 3.99. The van der Waals surface area contributed by atoms with Gasteiger partial charge in [0.15, 0.2) is 7.14 Å². The highest BCUT2D eigenvalue weighted by Gasteiger charge is 2.14. The molecule has 100 valence electrons. The molecule has 0 aromatic heterocycles. The molecule has 2 nitrogen and oxygen atoms in total. The van der Waals surface area contributed by atoms with Crippen LogP contribution in [0.4, 0.5) is 0 Å². The van der Waals surface area contributed by atoms with Crippen molar-refractivity contribution in [1.29, 1.82) is 0 Å². The van der Waals surface area contributed by atoms with E-state index in [-0.39, 0.29) is 21.2 Å². The number of halogens is 1. The molecule has 0 aliphatic heterocycles. The van der Waals surface area contributed by atoms with Crippen molar-refractivity contribution in [1.82, 2.24) is 0 Å². The standard InChI is InChI=1S/C16H18IO2/c1-2-18-12-13-19-16-10-8-15(9-11-16)17-14-6-4-3-5-7-14/h3-11H,2,12-13H2,1H3/q+1. The average molecular weight is 369 g/mol. The topological polar surface area (TPSA) is 18.5 Å². The van der Waals surface area contributed by atoms with Crippen LogP contribution >= 0.6 is 0 Å². The van der Waals surface area contributed by atoms with E-state index in [4.69, 9.17) is 9.47 Å². The lowest BCUT2D eigenvalue weighted by atomic mass is 10.3. The zero-order valence-corrected chi connectivity index (χ0v) is 13.2. The van der Waals surface area contributed by atoms with Crippen molar-refractivity contribution < 1.29 is 30.7 Å². The molecule has 0 heterocycles. The van der Waals surface area contributed by atoms with Gasteiger partial charge in [0, 0.05) is 6.61 Å². The van der Waals surface area contributed by atoms with E-state index in [2.05, 4.69) is 42.5 Å². The zero-order valence-electron chi connectivity index (χ0n) is 11.0. The Morgan fingerprint density at radius 1 is 0.842 bits per heavy atom. The Bertz CT molecular complexity index is 468. The Morgan fingerprint density at radius 2 is 1.53 bits per heavy atom. The molecule has 0 aliphatic carbocycles. The molecule has 0 N–H and O–H groups in total. The first-order valence-electron chi connectivity index (χ1n) is 6.39. The number of hydrogen-bond donors (Lipinski definition) is 0. The van der Waals surface area contributed by atoms with E-state index < -0.39 is 0 Å². The molecule has 3 heteroatoms. The van der Waals surface area contributed by atoms with Gasteiger partial charge in [0.25, 0.3) is 0 Å². The predicted molar refractivity (Wildman–Crippen MR) is 72.3 cm³/mol. The SMILES string of the molecule is CCOCCOc1ccc([I+]c2ccccc2)cc1. The third kappa shape index (κ3) is 5.20. The predicted octanol–water partition coefficient (Wildman–Crippen LogP) is 0.230. The van der Waals surface area contributed by atoms with Crippen LogP contribution in [0, 0.1) is 7.14 Å². The largest absolute Gasteiger partial charge is 0.491 e. The fourth-order valence-corrected chi connectivity index (χ4v) is 3.77. The highest BCUT2D eigenvalue weighted by Crippen LogP contribution is 2.07. The molecule has 2 aromatic rings. The summed E-state index contributed by atoms with van der Waals surface area (Å²) in [6.07, 6.45) is 0. The molecule has 0 saturated heterocycles. The second-order valence-corrected chi connectivity index (χ2v) is 6.92. The van der Waals surface area contributed by atoms with Crippen LogP contribution in [0.3, 0.4) is 0 Å². The molecule has 0 aliphatic rings. The van der Waals surface area contributed by atoms with E-state index in [1.54, 1.807) is 0 Å². The van der Waals surface area contributed by atoms with Crippen LogP contribution in [0.15, 0.2) is 54.6 Å². The Labute approximate surface area is 125 Å². The molecule has 0 amide bonds. The van der Waals surface area contributed by atoms with Gasteiger partial charge in [-0.3, -0.25) is 0 Å². The second kappa shape index (κ2) is 8.17. The van der Waals surface area contributed by atoms with E-state index in [1.165, 1.54) is 7.14 Å². The van der Waals surface area contributed by atoms with E-state index in [1.807, 2.05) is 19.1 Å².